The van der Waals surface area contributed by atoms with Gasteiger partial charge < -0.3 is 15.6 Å². The predicted molar refractivity (Wildman–Crippen MR) is 52.6 cm³/mol. The molecule has 14 heavy (non-hydrogen) atoms. The molecular formula is C10H19NO3. The number of nitrogens with two attached hydrogens (primary N) is 1. The van der Waals surface area contributed by atoms with E-state index >= 15 is 0 Å². The molecule has 0 aliphatic heterocycles. The van der Waals surface area contributed by atoms with E-state index in [0.717, 1.165) is 6.42 Å². The van der Waals surface area contributed by atoms with Gasteiger partial charge in [0.15, 0.2) is 6.10 Å². The number of esters is 1. The van der Waals surface area contributed by atoms with Gasteiger partial charge in [-0.25, -0.2) is 4.79 Å². The zero-order chi connectivity index (χ0) is 10.6. The Morgan fingerprint density at radius 2 is 2.29 bits per heavy atom. The summed E-state index contributed by atoms with van der Waals surface area (Å²) >= 11 is 0. The van der Waals surface area contributed by atoms with Crippen LogP contribution < -0.4 is 5.73 Å². The normalized spacial score (nSPS) is 21.1. The lowest BCUT2D eigenvalue weighted by Crippen LogP contribution is -2.43. The Labute approximate surface area is 84.4 Å². The molecule has 1 aliphatic rings. The summed E-state index contributed by atoms with van der Waals surface area (Å²) in [6, 6.07) is -0.473. The number of hydrogen-bond acceptors (Lipinski definition) is 4. The molecule has 0 heterocycles. The summed E-state index contributed by atoms with van der Waals surface area (Å²) < 4.78 is 4.69. The molecule has 0 aromatic rings. The fourth-order valence-corrected chi connectivity index (χ4v) is 1.64. The molecule has 0 aromatic heterocycles. The predicted octanol–water partition coefficient (Wildman–Crippen LogP) is 0.428. The molecule has 0 saturated heterocycles. The lowest BCUT2D eigenvalue weighted by Gasteiger charge is -2.29. The average Bonchev–Trinajstić information content (AvgIpc) is 2.10. The highest BCUT2D eigenvalue weighted by molar-refractivity contribution is 5.75. The van der Waals surface area contributed by atoms with Gasteiger partial charge >= 0.3 is 5.97 Å². The minimum Gasteiger partial charge on any atom is -0.464 e. The fourth-order valence-electron chi connectivity index (χ4n) is 1.64. The van der Waals surface area contributed by atoms with Crippen molar-refractivity contribution in [3.63, 3.8) is 0 Å². The topological polar surface area (TPSA) is 72.5 Å². The first-order valence-electron chi connectivity index (χ1n) is 5.25. The van der Waals surface area contributed by atoms with Crippen molar-refractivity contribution < 1.29 is 14.6 Å². The minimum absolute atomic E-state index is 0.284. The Kier molecular flexibility index (Phi) is 4.35. The van der Waals surface area contributed by atoms with E-state index in [9.17, 15) is 9.90 Å². The first-order valence-corrected chi connectivity index (χ1v) is 5.25. The number of ether oxygens (including phenoxy) is 1. The molecule has 4 nitrogen and oxygen atoms in total. The first kappa shape index (κ1) is 11.5. The van der Waals surface area contributed by atoms with Gasteiger partial charge in [-0.1, -0.05) is 19.3 Å². The van der Waals surface area contributed by atoms with Crippen molar-refractivity contribution >= 4 is 5.97 Å². The van der Waals surface area contributed by atoms with Crippen molar-refractivity contribution in [1.29, 1.82) is 0 Å². The third-order valence-corrected chi connectivity index (χ3v) is 2.76. The number of carbonyl (C=O) groups is 1. The molecule has 1 unspecified atom stereocenters. The Balaban J connectivity index is 2.26. The summed E-state index contributed by atoms with van der Waals surface area (Å²) in [7, 11) is 0. The first-order chi connectivity index (χ1) is 6.65. The summed E-state index contributed by atoms with van der Waals surface area (Å²) in [4.78, 5) is 11.1. The number of hydrogen-bond donors (Lipinski definition) is 2. The van der Waals surface area contributed by atoms with Gasteiger partial charge in [0, 0.05) is 6.04 Å². The monoisotopic (exact) mass is 201 g/mol. The van der Waals surface area contributed by atoms with Crippen LogP contribution in [-0.4, -0.2) is 29.8 Å². The Hall–Kier alpha value is -0.610. The Bertz CT molecular complexity index is 192. The molecule has 3 N–H and O–H groups in total. The SMILES string of the molecule is CCOC(=O)C(O)[C@@H](N)CC1CCC1. The third kappa shape index (κ3) is 2.96. The Morgan fingerprint density at radius 1 is 1.64 bits per heavy atom. The second kappa shape index (κ2) is 5.32. The van der Waals surface area contributed by atoms with Crippen LogP contribution in [-0.2, 0) is 9.53 Å². The smallest absolute Gasteiger partial charge is 0.336 e. The summed E-state index contributed by atoms with van der Waals surface area (Å²) in [6.07, 6.45) is 3.15. The second-order valence-electron chi connectivity index (χ2n) is 3.89. The molecule has 0 aromatic carbocycles. The zero-order valence-electron chi connectivity index (χ0n) is 8.61. The van der Waals surface area contributed by atoms with Gasteiger partial charge in [0.1, 0.15) is 0 Å². The quantitative estimate of drug-likeness (QED) is 0.633. The summed E-state index contributed by atoms with van der Waals surface area (Å²) in [5.41, 5.74) is 5.71. The Morgan fingerprint density at radius 3 is 2.71 bits per heavy atom. The van der Waals surface area contributed by atoms with E-state index < -0.39 is 18.1 Å². The molecule has 0 radical (unpaired) electrons. The van der Waals surface area contributed by atoms with Crippen molar-refractivity contribution in [2.75, 3.05) is 6.61 Å². The van der Waals surface area contributed by atoms with Gasteiger partial charge in [0.05, 0.1) is 6.61 Å². The van der Waals surface area contributed by atoms with E-state index in [4.69, 9.17) is 5.73 Å². The molecule has 0 amide bonds. The highest BCUT2D eigenvalue weighted by Gasteiger charge is 2.28. The maximum atomic E-state index is 11.1. The number of rotatable bonds is 5. The van der Waals surface area contributed by atoms with Crippen molar-refractivity contribution in [1.82, 2.24) is 0 Å². The molecular weight excluding hydrogens is 182 g/mol. The van der Waals surface area contributed by atoms with Gasteiger partial charge in [0.25, 0.3) is 0 Å². The second-order valence-corrected chi connectivity index (χ2v) is 3.89. The largest absolute Gasteiger partial charge is 0.464 e. The van der Waals surface area contributed by atoms with Crippen LogP contribution in [0.15, 0.2) is 0 Å². The van der Waals surface area contributed by atoms with Crippen molar-refractivity contribution in [3.05, 3.63) is 0 Å². The fraction of sp³-hybridized carbons (Fsp3) is 0.900. The highest BCUT2D eigenvalue weighted by atomic mass is 16.5. The van der Waals surface area contributed by atoms with Crippen LogP contribution >= 0.6 is 0 Å². The average molecular weight is 201 g/mol. The van der Waals surface area contributed by atoms with E-state index in [1.54, 1.807) is 6.92 Å². The standard InChI is InChI=1S/C10H19NO3/c1-2-14-10(13)9(12)8(11)6-7-4-3-5-7/h7-9,12H,2-6,11H2,1H3/t8-,9?/m0/s1. The van der Waals surface area contributed by atoms with Crippen LogP contribution in [0.3, 0.4) is 0 Å². The van der Waals surface area contributed by atoms with Gasteiger partial charge in [-0.3, -0.25) is 0 Å². The molecule has 0 bridgehead atoms. The summed E-state index contributed by atoms with van der Waals surface area (Å²) in [5.74, 6) is -0.00611. The van der Waals surface area contributed by atoms with Crippen LogP contribution in [0.25, 0.3) is 0 Å². The lowest BCUT2D eigenvalue weighted by molar-refractivity contribution is -0.154. The van der Waals surface area contributed by atoms with E-state index in [2.05, 4.69) is 4.74 Å². The van der Waals surface area contributed by atoms with Crippen molar-refractivity contribution in [2.45, 2.75) is 44.8 Å². The van der Waals surface area contributed by atoms with Crippen LogP contribution in [0.4, 0.5) is 0 Å². The van der Waals surface area contributed by atoms with E-state index in [1.807, 2.05) is 0 Å². The summed E-state index contributed by atoms with van der Waals surface area (Å²) in [5, 5.41) is 9.49. The maximum absolute atomic E-state index is 11.1. The highest BCUT2D eigenvalue weighted by Crippen LogP contribution is 2.30. The summed E-state index contributed by atoms with van der Waals surface area (Å²) in [6.45, 7) is 1.99. The molecule has 1 rings (SSSR count). The minimum atomic E-state index is -1.16. The van der Waals surface area contributed by atoms with Gasteiger partial charge in [-0.2, -0.15) is 0 Å². The molecule has 1 saturated carbocycles. The van der Waals surface area contributed by atoms with Crippen LogP contribution in [0.2, 0.25) is 0 Å². The molecule has 0 spiro atoms. The third-order valence-electron chi connectivity index (χ3n) is 2.76. The molecule has 1 fully saturated rings. The van der Waals surface area contributed by atoms with Crippen molar-refractivity contribution in [2.24, 2.45) is 11.7 Å². The lowest BCUT2D eigenvalue weighted by atomic mass is 9.80. The van der Waals surface area contributed by atoms with Gasteiger partial charge in [-0.05, 0) is 19.3 Å². The van der Waals surface area contributed by atoms with Crippen LogP contribution in [0.5, 0.6) is 0 Å². The van der Waals surface area contributed by atoms with E-state index in [1.165, 1.54) is 19.3 Å². The molecule has 4 heteroatoms. The molecule has 1 aliphatic carbocycles. The maximum Gasteiger partial charge on any atom is 0.336 e. The van der Waals surface area contributed by atoms with Crippen LogP contribution in [0.1, 0.15) is 32.6 Å². The zero-order valence-corrected chi connectivity index (χ0v) is 8.61. The number of aliphatic hydroxyl groups is 1. The molecule has 82 valence electrons. The number of carbonyl (C=O) groups excluding carboxylic acids is 1. The van der Waals surface area contributed by atoms with E-state index in [-0.39, 0.29) is 6.61 Å². The van der Waals surface area contributed by atoms with Gasteiger partial charge in [-0.15, -0.1) is 0 Å². The van der Waals surface area contributed by atoms with E-state index in [0.29, 0.717) is 5.92 Å². The van der Waals surface area contributed by atoms with Crippen LogP contribution in [0, 0.1) is 5.92 Å². The van der Waals surface area contributed by atoms with Gasteiger partial charge in [0.2, 0.25) is 0 Å². The molecule has 2 atom stereocenters. The van der Waals surface area contributed by atoms with Crippen molar-refractivity contribution in [3.8, 4) is 0 Å². The number of aliphatic hydroxyl groups excluding tert-OH is 1.